The second kappa shape index (κ2) is 8.15. The lowest BCUT2D eigenvalue weighted by Crippen LogP contribution is -2.25. The van der Waals surface area contributed by atoms with E-state index in [4.69, 9.17) is 11.6 Å². The first kappa shape index (κ1) is 16.0. The summed E-state index contributed by atoms with van der Waals surface area (Å²) in [6.07, 6.45) is 10.4. The van der Waals surface area contributed by atoms with E-state index in [1.807, 2.05) is 18.5 Å². The standard InChI is InChI=1S/C16H23ClN4/c1-3-6-19-15(13-5-7-18-12-14(13)17)11-16-20-8-10-21(16)9-4-2/h5,7-8,10,12,15,19H,3-4,6,9,11H2,1-2H3. The lowest BCUT2D eigenvalue weighted by Gasteiger charge is -2.20. The van der Waals surface area contributed by atoms with Crippen LogP contribution in [0, 0.1) is 0 Å². The molecular formula is C16H23ClN4. The molecule has 1 unspecified atom stereocenters. The van der Waals surface area contributed by atoms with Crippen LogP contribution in [-0.2, 0) is 13.0 Å². The van der Waals surface area contributed by atoms with E-state index in [1.165, 1.54) is 0 Å². The van der Waals surface area contributed by atoms with Gasteiger partial charge in [0.25, 0.3) is 0 Å². The summed E-state index contributed by atoms with van der Waals surface area (Å²) >= 11 is 6.31. The highest BCUT2D eigenvalue weighted by molar-refractivity contribution is 6.31. The molecule has 0 fully saturated rings. The van der Waals surface area contributed by atoms with Crippen molar-refractivity contribution in [3.05, 3.63) is 47.3 Å². The third-order valence-electron chi connectivity index (χ3n) is 3.47. The molecule has 0 aromatic carbocycles. The fourth-order valence-electron chi connectivity index (χ4n) is 2.44. The molecule has 0 spiro atoms. The number of hydrogen-bond donors (Lipinski definition) is 1. The van der Waals surface area contributed by atoms with Crippen molar-refractivity contribution in [1.29, 1.82) is 0 Å². The average Bonchev–Trinajstić information content (AvgIpc) is 2.92. The quantitative estimate of drug-likeness (QED) is 0.810. The van der Waals surface area contributed by atoms with Gasteiger partial charge >= 0.3 is 0 Å². The molecule has 2 heterocycles. The summed E-state index contributed by atoms with van der Waals surface area (Å²) in [6, 6.07) is 2.15. The van der Waals surface area contributed by atoms with Gasteiger partial charge in [0, 0.05) is 43.8 Å². The number of aryl methyl sites for hydroxylation is 1. The van der Waals surface area contributed by atoms with Crippen molar-refractivity contribution in [3.8, 4) is 0 Å². The first-order chi connectivity index (χ1) is 10.3. The van der Waals surface area contributed by atoms with Gasteiger partial charge in [-0.3, -0.25) is 4.98 Å². The third kappa shape index (κ3) is 4.29. The molecule has 0 bridgehead atoms. The topological polar surface area (TPSA) is 42.7 Å². The number of hydrogen-bond acceptors (Lipinski definition) is 3. The number of pyridine rings is 1. The van der Waals surface area contributed by atoms with E-state index in [1.54, 1.807) is 12.4 Å². The van der Waals surface area contributed by atoms with Crippen LogP contribution < -0.4 is 5.32 Å². The van der Waals surface area contributed by atoms with Crippen LogP contribution >= 0.6 is 11.6 Å². The zero-order valence-electron chi connectivity index (χ0n) is 12.7. The monoisotopic (exact) mass is 306 g/mol. The summed E-state index contributed by atoms with van der Waals surface area (Å²) in [6.45, 7) is 6.30. The van der Waals surface area contributed by atoms with Gasteiger partial charge in [-0.05, 0) is 31.0 Å². The molecule has 0 aliphatic carbocycles. The SMILES string of the molecule is CCCNC(Cc1nccn1CCC)c1ccncc1Cl. The van der Waals surface area contributed by atoms with Crippen molar-refractivity contribution in [2.24, 2.45) is 0 Å². The Balaban J connectivity index is 2.20. The Morgan fingerprint density at radius 2 is 2.14 bits per heavy atom. The predicted molar refractivity (Wildman–Crippen MR) is 86.5 cm³/mol. The van der Waals surface area contributed by atoms with E-state index in [9.17, 15) is 0 Å². The fraction of sp³-hybridized carbons (Fsp3) is 0.500. The second-order valence-corrected chi connectivity index (χ2v) is 5.55. The minimum Gasteiger partial charge on any atom is -0.335 e. The maximum Gasteiger partial charge on any atom is 0.110 e. The van der Waals surface area contributed by atoms with E-state index in [0.717, 1.165) is 43.7 Å². The van der Waals surface area contributed by atoms with Crippen LogP contribution in [0.3, 0.4) is 0 Å². The van der Waals surface area contributed by atoms with Crippen molar-refractivity contribution < 1.29 is 0 Å². The fourth-order valence-corrected chi connectivity index (χ4v) is 2.69. The van der Waals surface area contributed by atoms with Crippen molar-refractivity contribution in [2.75, 3.05) is 6.54 Å². The first-order valence-electron chi connectivity index (χ1n) is 7.59. The molecule has 0 radical (unpaired) electrons. The van der Waals surface area contributed by atoms with Gasteiger partial charge in [-0.2, -0.15) is 0 Å². The summed E-state index contributed by atoms with van der Waals surface area (Å²) < 4.78 is 2.22. The molecule has 2 aromatic heterocycles. The number of nitrogens with one attached hydrogen (secondary N) is 1. The summed E-state index contributed by atoms with van der Waals surface area (Å²) in [5.74, 6) is 1.10. The maximum atomic E-state index is 6.31. The van der Waals surface area contributed by atoms with Gasteiger partial charge < -0.3 is 9.88 Å². The summed E-state index contributed by atoms with van der Waals surface area (Å²) in [4.78, 5) is 8.57. The lowest BCUT2D eigenvalue weighted by molar-refractivity contribution is 0.502. The van der Waals surface area contributed by atoms with Crippen molar-refractivity contribution in [3.63, 3.8) is 0 Å². The van der Waals surface area contributed by atoms with Gasteiger partial charge in [0.1, 0.15) is 5.82 Å². The van der Waals surface area contributed by atoms with E-state index >= 15 is 0 Å². The average molecular weight is 307 g/mol. The van der Waals surface area contributed by atoms with Crippen LogP contribution in [0.4, 0.5) is 0 Å². The number of halogens is 1. The molecule has 1 atom stereocenters. The van der Waals surface area contributed by atoms with Gasteiger partial charge in [0.2, 0.25) is 0 Å². The van der Waals surface area contributed by atoms with E-state index in [0.29, 0.717) is 5.02 Å². The molecule has 0 aliphatic rings. The van der Waals surface area contributed by atoms with Gasteiger partial charge in [0.15, 0.2) is 0 Å². The van der Waals surface area contributed by atoms with Crippen LogP contribution in [-0.4, -0.2) is 21.1 Å². The number of aromatic nitrogens is 3. The molecule has 4 nitrogen and oxygen atoms in total. The van der Waals surface area contributed by atoms with E-state index in [-0.39, 0.29) is 6.04 Å². The Bertz CT molecular complexity index is 553. The van der Waals surface area contributed by atoms with Gasteiger partial charge in [-0.1, -0.05) is 25.4 Å². The highest BCUT2D eigenvalue weighted by Gasteiger charge is 2.17. The molecule has 5 heteroatoms. The molecular weight excluding hydrogens is 284 g/mol. The highest BCUT2D eigenvalue weighted by Crippen LogP contribution is 2.24. The van der Waals surface area contributed by atoms with Crippen LogP contribution in [0.5, 0.6) is 0 Å². The van der Waals surface area contributed by atoms with E-state index in [2.05, 4.69) is 33.7 Å². The first-order valence-corrected chi connectivity index (χ1v) is 7.96. The predicted octanol–water partition coefficient (Wildman–Crippen LogP) is 3.62. The summed E-state index contributed by atoms with van der Waals surface area (Å²) in [5.41, 5.74) is 1.09. The van der Waals surface area contributed by atoms with Crippen LogP contribution in [0.15, 0.2) is 30.9 Å². The molecule has 0 saturated carbocycles. The van der Waals surface area contributed by atoms with E-state index < -0.39 is 0 Å². The zero-order chi connectivity index (χ0) is 15.1. The van der Waals surface area contributed by atoms with Gasteiger partial charge in [-0.15, -0.1) is 0 Å². The van der Waals surface area contributed by atoms with Gasteiger partial charge in [0.05, 0.1) is 5.02 Å². The molecule has 21 heavy (non-hydrogen) atoms. The van der Waals surface area contributed by atoms with Crippen LogP contribution in [0.2, 0.25) is 5.02 Å². The minimum absolute atomic E-state index is 0.165. The minimum atomic E-state index is 0.165. The molecule has 2 rings (SSSR count). The number of nitrogens with zero attached hydrogens (tertiary/aromatic N) is 3. The molecule has 114 valence electrons. The zero-order valence-corrected chi connectivity index (χ0v) is 13.5. The normalized spacial score (nSPS) is 12.5. The largest absolute Gasteiger partial charge is 0.335 e. The van der Waals surface area contributed by atoms with Crippen molar-refractivity contribution >= 4 is 11.6 Å². The highest BCUT2D eigenvalue weighted by atomic mass is 35.5. The Morgan fingerprint density at radius 1 is 1.29 bits per heavy atom. The molecule has 0 saturated heterocycles. The maximum absolute atomic E-state index is 6.31. The second-order valence-electron chi connectivity index (χ2n) is 5.14. The smallest absolute Gasteiger partial charge is 0.110 e. The number of rotatable bonds is 8. The van der Waals surface area contributed by atoms with Crippen LogP contribution in [0.25, 0.3) is 0 Å². The molecule has 2 aromatic rings. The van der Waals surface area contributed by atoms with Crippen molar-refractivity contribution in [2.45, 2.75) is 45.7 Å². The molecule has 0 amide bonds. The van der Waals surface area contributed by atoms with Gasteiger partial charge in [-0.25, -0.2) is 4.98 Å². The number of imidazole rings is 1. The molecule has 1 N–H and O–H groups in total. The Labute approximate surface area is 131 Å². The van der Waals surface area contributed by atoms with Crippen LogP contribution in [0.1, 0.15) is 44.1 Å². The summed E-state index contributed by atoms with van der Waals surface area (Å²) in [7, 11) is 0. The Kier molecular flexibility index (Phi) is 6.21. The van der Waals surface area contributed by atoms with Crippen molar-refractivity contribution in [1.82, 2.24) is 19.9 Å². The Morgan fingerprint density at radius 3 is 2.86 bits per heavy atom. The Hall–Kier alpha value is -1.39. The lowest BCUT2D eigenvalue weighted by atomic mass is 10.0. The third-order valence-corrected chi connectivity index (χ3v) is 3.79. The summed E-state index contributed by atoms with van der Waals surface area (Å²) in [5, 5.41) is 4.28. The molecule has 0 aliphatic heterocycles.